The number of carboxylic acid groups (broad SMARTS) is 1. The number of rotatable bonds is 9. The molecule has 32 heavy (non-hydrogen) atoms. The number of aliphatic carboxylic acids is 1. The van der Waals surface area contributed by atoms with Gasteiger partial charge in [-0.1, -0.05) is 18.5 Å². The summed E-state index contributed by atoms with van der Waals surface area (Å²) in [6.07, 6.45) is 0.660. The van der Waals surface area contributed by atoms with Crippen molar-refractivity contribution in [2.24, 2.45) is 11.8 Å². The van der Waals surface area contributed by atoms with Gasteiger partial charge in [-0.3, -0.25) is 28.9 Å². The number of nitrogens with one attached hydrogen (secondary N) is 1. The highest BCUT2D eigenvalue weighted by atomic mass is 35.5. The van der Waals surface area contributed by atoms with Crippen LogP contribution in [0.2, 0.25) is 5.02 Å². The number of ether oxygens (including phenoxy) is 1. The van der Waals surface area contributed by atoms with Gasteiger partial charge < -0.3 is 15.2 Å². The maximum atomic E-state index is 13.2. The molecular formula is C22H27ClN2O7. The Morgan fingerprint density at radius 1 is 1.31 bits per heavy atom. The van der Waals surface area contributed by atoms with Crippen molar-refractivity contribution in [1.29, 1.82) is 0 Å². The number of imide groups is 1. The average Bonchev–Trinajstić information content (AvgIpc) is 2.89. The molecule has 2 atom stereocenters. The Balaban J connectivity index is 2.17. The zero-order valence-electron chi connectivity index (χ0n) is 18.1. The topological polar surface area (TPSA) is 130 Å². The largest absolute Gasteiger partial charge is 0.496 e. The fourth-order valence-electron chi connectivity index (χ4n) is 3.64. The maximum absolute atomic E-state index is 13.2. The van der Waals surface area contributed by atoms with Crippen LogP contribution < -0.4 is 10.1 Å². The van der Waals surface area contributed by atoms with Gasteiger partial charge in [-0.25, -0.2) is 0 Å². The molecule has 0 saturated carbocycles. The molecule has 0 radical (unpaired) electrons. The van der Waals surface area contributed by atoms with Crippen LogP contribution in [0.3, 0.4) is 0 Å². The van der Waals surface area contributed by atoms with Crippen LogP contribution in [0.1, 0.15) is 38.2 Å². The van der Waals surface area contributed by atoms with E-state index in [1.54, 1.807) is 25.1 Å². The summed E-state index contributed by atoms with van der Waals surface area (Å²) in [4.78, 5) is 62.1. The standard InChI is InChI=1S/C22H27ClN2O7/c1-3-13(21(30)24-11-20(28)29)10-19(27)25-12-17(26)6-4-14(22(25)31)8-15-9-16(23)5-7-18(15)32-2/h5,7,9,13-14H,3-4,6,8,10-12H2,1-2H3,(H,24,30)(H,28,29)/t13-,14?/m0/s1. The van der Waals surface area contributed by atoms with E-state index in [1.165, 1.54) is 7.11 Å². The van der Waals surface area contributed by atoms with Crippen molar-refractivity contribution in [3.63, 3.8) is 0 Å². The highest BCUT2D eigenvalue weighted by molar-refractivity contribution is 6.30. The van der Waals surface area contributed by atoms with Gasteiger partial charge in [-0.15, -0.1) is 0 Å². The summed E-state index contributed by atoms with van der Waals surface area (Å²) in [6, 6.07) is 5.04. The summed E-state index contributed by atoms with van der Waals surface area (Å²) in [6.45, 7) is 0.782. The molecule has 1 unspecified atom stereocenters. The van der Waals surface area contributed by atoms with Crippen LogP contribution in [0, 0.1) is 11.8 Å². The van der Waals surface area contributed by atoms with Gasteiger partial charge in [0.2, 0.25) is 17.7 Å². The highest BCUT2D eigenvalue weighted by Gasteiger charge is 2.35. The molecule has 0 bridgehead atoms. The third-order valence-corrected chi connectivity index (χ3v) is 5.66. The van der Waals surface area contributed by atoms with Gasteiger partial charge in [0, 0.05) is 29.7 Å². The van der Waals surface area contributed by atoms with Gasteiger partial charge in [0.1, 0.15) is 12.3 Å². The van der Waals surface area contributed by atoms with Crippen molar-refractivity contribution in [3.05, 3.63) is 28.8 Å². The second-order valence-electron chi connectivity index (χ2n) is 7.67. The van der Waals surface area contributed by atoms with E-state index in [0.717, 1.165) is 4.90 Å². The number of ketones is 1. The molecule has 0 spiro atoms. The van der Waals surface area contributed by atoms with Gasteiger partial charge in [-0.05, 0) is 43.0 Å². The average molecular weight is 467 g/mol. The second-order valence-corrected chi connectivity index (χ2v) is 8.11. The van der Waals surface area contributed by atoms with Crippen molar-refractivity contribution < 1.29 is 33.8 Å². The van der Waals surface area contributed by atoms with Crippen molar-refractivity contribution in [2.45, 2.75) is 39.0 Å². The molecule has 2 rings (SSSR count). The lowest BCUT2D eigenvalue weighted by molar-refractivity contribution is -0.150. The van der Waals surface area contributed by atoms with Crippen LogP contribution in [0.25, 0.3) is 0 Å². The molecule has 2 N–H and O–H groups in total. The first-order valence-corrected chi connectivity index (χ1v) is 10.7. The lowest BCUT2D eigenvalue weighted by Gasteiger charge is -2.24. The van der Waals surface area contributed by atoms with E-state index in [0.29, 0.717) is 16.3 Å². The van der Waals surface area contributed by atoms with Crippen molar-refractivity contribution >= 4 is 41.1 Å². The minimum atomic E-state index is -1.20. The second kappa shape index (κ2) is 11.6. The van der Waals surface area contributed by atoms with E-state index in [2.05, 4.69) is 5.32 Å². The van der Waals surface area contributed by atoms with E-state index in [4.69, 9.17) is 21.4 Å². The van der Waals surface area contributed by atoms with E-state index in [-0.39, 0.29) is 44.4 Å². The summed E-state index contributed by atoms with van der Waals surface area (Å²) in [5, 5.41) is 11.4. The van der Waals surface area contributed by atoms with E-state index in [9.17, 15) is 24.0 Å². The SMILES string of the molecule is CC[C@@H](CC(=O)N1CC(=O)CCC(Cc2cc(Cl)ccc2OC)C1=O)C(=O)NCC(=O)O. The summed E-state index contributed by atoms with van der Waals surface area (Å²) in [7, 11) is 1.50. The number of methoxy groups -OCH3 is 1. The monoisotopic (exact) mass is 466 g/mol. The number of hydrogen-bond acceptors (Lipinski definition) is 6. The van der Waals surface area contributed by atoms with Gasteiger partial charge in [0.05, 0.1) is 13.7 Å². The predicted molar refractivity (Wildman–Crippen MR) is 115 cm³/mol. The lowest BCUT2D eigenvalue weighted by atomic mass is 9.93. The zero-order valence-corrected chi connectivity index (χ0v) is 18.8. The number of hydrogen-bond donors (Lipinski definition) is 2. The zero-order chi connectivity index (χ0) is 23.8. The molecule has 1 aromatic carbocycles. The molecule has 1 aliphatic rings. The fourth-order valence-corrected chi connectivity index (χ4v) is 3.83. The molecule has 1 saturated heterocycles. The lowest BCUT2D eigenvalue weighted by Crippen LogP contribution is -2.44. The molecule has 1 aliphatic heterocycles. The molecule has 0 aromatic heterocycles. The third-order valence-electron chi connectivity index (χ3n) is 5.43. The highest BCUT2D eigenvalue weighted by Crippen LogP contribution is 2.29. The maximum Gasteiger partial charge on any atom is 0.322 e. The molecule has 1 fully saturated rings. The predicted octanol–water partition coefficient (Wildman–Crippen LogP) is 1.84. The molecule has 1 heterocycles. The quantitative estimate of drug-likeness (QED) is 0.567. The number of nitrogens with zero attached hydrogens (tertiary/aromatic N) is 1. The first-order chi connectivity index (χ1) is 15.2. The van der Waals surface area contributed by atoms with E-state index >= 15 is 0 Å². The normalized spacial score (nSPS) is 17.5. The number of Topliss-reactive ketones (excluding diaryl/α,β-unsaturated/α-hetero) is 1. The van der Waals surface area contributed by atoms with Gasteiger partial charge in [0.15, 0.2) is 5.78 Å². The number of carboxylic acids is 1. The minimum absolute atomic E-state index is 0.152. The number of carbonyl (C=O) groups excluding carboxylic acids is 4. The fraction of sp³-hybridized carbons (Fsp3) is 0.500. The van der Waals surface area contributed by atoms with E-state index < -0.39 is 42.1 Å². The molecule has 174 valence electrons. The van der Waals surface area contributed by atoms with Gasteiger partial charge >= 0.3 is 5.97 Å². The summed E-state index contributed by atoms with van der Waals surface area (Å²) in [5.74, 6) is -4.02. The number of halogens is 1. The van der Waals surface area contributed by atoms with E-state index in [1.807, 2.05) is 0 Å². The van der Waals surface area contributed by atoms with Crippen LogP contribution >= 0.6 is 11.6 Å². The summed E-state index contributed by atoms with van der Waals surface area (Å²) in [5.41, 5.74) is 0.694. The van der Waals surface area contributed by atoms with Crippen LogP contribution in [0.4, 0.5) is 0 Å². The van der Waals surface area contributed by atoms with Crippen molar-refractivity contribution in [1.82, 2.24) is 10.2 Å². The number of carbonyl (C=O) groups is 5. The Morgan fingerprint density at radius 2 is 2.03 bits per heavy atom. The molecule has 10 heteroatoms. The van der Waals surface area contributed by atoms with Gasteiger partial charge in [-0.2, -0.15) is 0 Å². The van der Waals surface area contributed by atoms with Crippen LogP contribution in [-0.2, 0) is 30.4 Å². The molecule has 9 nitrogen and oxygen atoms in total. The minimum Gasteiger partial charge on any atom is -0.496 e. The third kappa shape index (κ3) is 6.78. The number of amides is 3. The van der Waals surface area contributed by atoms with Crippen molar-refractivity contribution in [2.75, 3.05) is 20.2 Å². The summed E-state index contributed by atoms with van der Waals surface area (Å²) < 4.78 is 5.33. The number of benzene rings is 1. The van der Waals surface area contributed by atoms with Crippen LogP contribution in [0.15, 0.2) is 18.2 Å². The Kier molecular flexibility index (Phi) is 9.19. The Labute approximate surface area is 191 Å². The molecule has 1 aromatic rings. The number of likely N-dealkylation sites (tertiary alicyclic amines) is 1. The smallest absolute Gasteiger partial charge is 0.322 e. The molecule has 0 aliphatic carbocycles. The van der Waals surface area contributed by atoms with Crippen molar-refractivity contribution in [3.8, 4) is 5.75 Å². The molecular weight excluding hydrogens is 440 g/mol. The first-order valence-electron chi connectivity index (χ1n) is 10.3. The van der Waals surface area contributed by atoms with Crippen LogP contribution in [-0.4, -0.2) is 59.7 Å². The van der Waals surface area contributed by atoms with Gasteiger partial charge in [0.25, 0.3) is 0 Å². The molecule has 3 amide bonds. The Morgan fingerprint density at radius 3 is 2.66 bits per heavy atom. The Bertz CT molecular complexity index is 902. The Hall–Kier alpha value is -2.94. The summed E-state index contributed by atoms with van der Waals surface area (Å²) >= 11 is 6.08. The first kappa shape index (κ1) is 25.3. The van der Waals surface area contributed by atoms with Crippen LogP contribution in [0.5, 0.6) is 5.75 Å².